The van der Waals surface area contributed by atoms with E-state index in [0.717, 1.165) is 18.7 Å². The number of carbonyl (C=O) groups is 1. The Morgan fingerprint density at radius 2 is 2.12 bits per heavy atom. The molecule has 1 rings (SSSR count). The van der Waals surface area contributed by atoms with E-state index in [1.807, 2.05) is 11.9 Å². The molecule has 0 N–H and O–H groups in total. The van der Waals surface area contributed by atoms with Gasteiger partial charge in [0.1, 0.15) is 5.82 Å². The van der Waals surface area contributed by atoms with Crippen molar-refractivity contribution in [3.63, 3.8) is 0 Å². The maximum absolute atomic E-state index is 12.9. The van der Waals surface area contributed by atoms with Gasteiger partial charge in [0.15, 0.2) is 6.29 Å². The van der Waals surface area contributed by atoms with Gasteiger partial charge in [-0.3, -0.25) is 4.79 Å². The molecular weight excluding hydrogens is 205 g/mol. The maximum atomic E-state index is 12.9. The van der Waals surface area contributed by atoms with E-state index in [0.29, 0.717) is 17.8 Å². The molecule has 0 radical (unpaired) electrons. The summed E-state index contributed by atoms with van der Waals surface area (Å²) in [6.45, 7) is 5.17. The first-order valence-corrected chi connectivity index (χ1v) is 5.50. The summed E-state index contributed by atoms with van der Waals surface area (Å²) in [6, 6.07) is 4.31. The zero-order valence-electron chi connectivity index (χ0n) is 10.0. The van der Waals surface area contributed by atoms with Gasteiger partial charge in [-0.25, -0.2) is 4.39 Å². The number of benzene rings is 1. The van der Waals surface area contributed by atoms with E-state index in [9.17, 15) is 9.18 Å². The average molecular weight is 223 g/mol. The number of hydrogen-bond acceptors (Lipinski definition) is 2. The second-order valence-corrected chi connectivity index (χ2v) is 4.43. The van der Waals surface area contributed by atoms with Crippen molar-refractivity contribution >= 4 is 12.0 Å². The lowest BCUT2D eigenvalue weighted by atomic mass is 10.1. The summed E-state index contributed by atoms with van der Waals surface area (Å²) in [5.74, 6) is 0.241. The summed E-state index contributed by atoms with van der Waals surface area (Å²) < 4.78 is 12.9. The Labute approximate surface area is 96.1 Å². The van der Waals surface area contributed by atoms with Gasteiger partial charge in [0.2, 0.25) is 0 Å². The van der Waals surface area contributed by atoms with Crippen molar-refractivity contribution in [3.05, 3.63) is 29.6 Å². The van der Waals surface area contributed by atoms with Crippen LogP contribution in [0.2, 0.25) is 0 Å². The Bertz CT molecular complexity index is 363. The Kier molecular flexibility index (Phi) is 4.47. The van der Waals surface area contributed by atoms with Crippen molar-refractivity contribution in [2.75, 3.05) is 18.5 Å². The molecule has 3 heteroatoms. The number of rotatable bonds is 5. The Morgan fingerprint density at radius 1 is 1.44 bits per heavy atom. The molecule has 0 aliphatic heterocycles. The van der Waals surface area contributed by atoms with E-state index >= 15 is 0 Å². The third-order valence-corrected chi connectivity index (χ3v) is 2.57. The van der Waals surface area contributed by atoms with E-state index in [2.05, 4.69) is 13.8 Å². The van der Waals surface area contributed by atoms with Crippen molar-refractivity contribution in [2.45, 2.75) is 20.3 Å². The fourth-order valence-corrected chi connectivity index (χ4v) is 1.54. The zero-order valence-corrected chi connectivity index (χ0v) is 10.0. The molecule has 88 valence electrons. The van der Waals surface area contributed by atoms with Crippen LogP contribution in [0.15, 0.2) is 18.2 Å². The summed E-state index contributed by atoms with van der Waals surface area (Å²) in [4.78, 5) is 12.8. The minimum Gasteiger partial charge on any atom is -0.374 e. The van der Waals surface area contributed by atoms with Gasteiger partial charge in [0.05, 0.1) is 0 Å². The van der Waals surface area contributed by atoms with Crippen LogP contribution < -0.4 is 4.90 Å². The molecule has 0 aromatic heterocycles. The number of halogens is 1. The van der Waals surface area contributed by atoms with Crippen molar-refractivity contribution < 1.29 is 9.18 Å². The van der Waals surface area contributed by atoms with Gasteiger partial charge in [-0.1, -0.05) is 13.8 Å². The highest BCUT2D eigenvalue weighted by Crippen LogP contribution is 2.19. The van der Waals surface area contributed by atoms with Crippen molar-refractivity contribution in [1.29, 1.82) is 0 Å². The third-order valence-electron chi connectivity index (χ3n) is 2.57. The monoisotopic (exact) mass is 223 g/mol. The lowest BCUT2D eigenvalue weighted by molar-refractivity contribution is 0.112. The van der Waals surface area contributed by atoms with E-state index in [1.165, 1.54) is 12.1 Å². The van der Waals surface area contributed by atoms with E-state index in [1.54, 1.807) is 6.07 Å². The van der Waals surface area contributed by atoms with Crippen LogP contribution in [0, 0.1) is 11.7 Å². The number of anilines is 1. The second kappa shape index (κ2) is 5.64. The first-order valence-electron chi connectivity index (χ1n) is 5.50. The van der Waals surface area contributed by atoms with E-state index in [4.69, 9.17) is 0 Å². The lowest BCUT2D eigenvalue weighted by Crippen LogP contribution is -2.21. The number of nitrogens with zero attached hydrogens (tertiary/aromatic N) is 1. The Morgan fingerprint density at radius 3 is 2.69 bits per heavy atom. The SMILES string of the molecule is CC(C)CCN(C)c1ccc(F)cc1C=O. The molecule has 0 bridgehead atoms. The van der Waals surface area contributed by atoms with Crippen LogP contribution in [-0.2, 0) is 0 Å². The molecular formula is C13H18FNO. The molecule has 0 aliphatic rings. The van der Waals surface area contributed by atoms with Gasteiger partial charge in [-0.05, 0) is 30.5 Å². The number of aldehydes is 1. The van der Waals surface area contributed by atoms with Crippen molar-refractivity contribution in [2.24, 2.45) is 5.92 Å². The van der Waals surface area contributed by atoms with Crippen LogP contribution >= 0.6 is 0 Å². The standard InChI is InChI=1S/C13H18FNO/c1-10(2)6-7-15(3)13-5-4-12(14)8-11(13)9-16/h4-5,8-10H,6-7H2,1-3H3. The topological polar surface area (TPSA) is 20.3 Å². The minimum atomic E-state index is -0.372. The quantitative estimate of drug-likeness (QED) is 0.715. The average Bonchev–Trinajstić information content (AvgIpc) is 2.25. The van der Waals surface area contributed by atoms with Crippen molar-refractivity contribution in [1.82, 2.24) is 0 Å². The molecule has 0 atom stereocenters. The minimum absolute atomic E-state index is 0.372. The molecule has 1 aromatic rings. The molecule has 0 unspecified atom stereocenters. The maximum Gasteiger partial charge on any atom is 0.152 e. The van der Waals surface area contributed by atoms with Crippen LogP contribution in [0.5, 0.6) is 0 Å². The molecule has 0 spiro atoms. The fourth-order valence-electron chi connectivity index (χ4n) is 1.54. The van der Waals surface area contributed by atoms with Crippen LogP contribution in [0.25, 0.3) is 0 Å². The van der Waals surface area contributed by atoms with Gasteiger partial charge in [-0.15, -0.1) is 0 Å². The van der Waals surface area contributed by atoms with Gasteiger partial charge in [-0.2, -0.15) is 0 Å². The van der Waals surface area contributed by atoms with E-state index in [-0.39, 0.29) is 5.82 Å². The Balaban J connectivity index is 2.81. The van der Waals surface area contributed by atoms with Crippen LogP contribution in [-0.4, -0.2) is 19.9 Å². The highest BCUT2D eigenvalue weighted by Gasteiger charge is 2.08. The van der Waals surface area contributed by atoms with Gasteiger partial charge in [0.25, 0.3) is 0 Å². The zero-order chi connectivity index (χ0) is 12.1. The van der Waals surface area contributed by atoms with Gasteiger partial charge < -0.3 is 4.90 Å². The van der Waals surface area contributed by atoms with Crippen LogP contribution in [0.4, 0.5) is 10.1 Å². The molecule has 0 fully saturated rings. The molecule has 0 aliphatic carbocycles. The van der Waals surface area contributed by atoms with Crippen LogP contribution in [0.1, 0.15) is 30.6 Å². The Hall–Kier alpha value is -1.38. The van der Waals surface area contributed by atoms with Gasteiger partial charge in [0, 0.05) is 24.8 Å². The smallest absolute Gasteiger partial charge is 0.152 e. The largest absolute Gasteiger partial charge is 0.374 e. The fraction of sp³-hybridized carbons (Fsp3) is 0.462. The molecule has 16 heavy (non-hydrogen) atoms. The molecule has 0 amide bonds. The summed E-state index contributed by atoms with van der Waals surface area (Å²) in [6.07, 6.45) is 1.75. The normalized spacial score (nSPS) is 10.6. The lowest BCUT2D eigenvalue weighted by Gasteiger charge is -2.21. The van der Waals surface area contributed by atoms with Crippen LogP contribution in [0.3, 0.4) is 0 Å². The first kappa shape index (κ1) is 12.7. The van der Waals surface area contributed by atoms with Crippen molar-refractivity contribution in [3.8, 4) is 0 Å². The van der Waals surface area contributed by atoms with E-state index < -0.39 is 0 Å². The predicted molar refractivity (Wildman–Crippen MR) is 64.5 cm³/mol. The van der Waals surface area contributed by atoms with Gasteiger partial charge >= 0.3 is 0 Å². The molecule has 1 aromatic carbocycles. The first-order chi connectivity index (χ1) is 7.54. The summed E-state index contributed by atoms with van der Waals surface area (Å²) >= 11 is 0. The molecule has 0 heterocycles. The summed E-state index contributed by atoms with van der Waals surface area (Å²) in [7, 11) is 1.92. The highest BCUT2D eigenvalue weighted by atomic mass is 19.1. The molecule has 0 saturated carbocycles. The molecule has 2 nitrogen and oxygen atoms in total. The molecule has 0 saturated heterocycles. The number of carbonyl (C=O) groups excluding carboxylic acids is 1. The predicted octanol–water partition coefficient (Wildman–Crippen LogP) is 3.12. The highest BCUT2D eigenvalue weighted by molar-refractivity contribution is 5.84. The third kappa shape index (κ3) is 3.33. The number of hydrogen-bond donors (Lipinski definition) is 0. The summed E-state index contributed by atoms with van der Waals surface area (Å²) in [5.41, 5.74) is 1.20. The summed E-state index contributed by atoms with van der Waals surface area (Å²) in [5, 5.41) is 0. The second-order valence-electron chi connectivity index (χ2n) is 4.43.